The Bertz CT molecular complexity index is 1190. The highest BCUT2D eigenvalue weighted by Crippen LogP contribution is 2.47. The molecule has 33 heavy (non-hydrogen) atoms. The minimum absolute atomic E-state index is 0.0294. The first kappa shape index (κ1) is 22.4. The Kier molecular flexibility index (Phi) is 5.43. The number of barbiturate groups is 1. The third kappa shape index (κ3) is 3.35. The molecule has 0 bridgehead atoms. The number of imide groups is 2. The van der Waals surface area contributed by atoms with E-state index in [9.17, 15) is 24.5 Å². The summed E-state index contributed by atoms with van der Waals surface area (Å²) in [5.74, 6) is -1.27. The van der Waals surface area contributed by atoms with E-state index in [-0.39, 0.29) is 12.1 Å². The fourth-order valence-electron chi connectivity index (χ4n) is 5.18. The van der Waals surface area contributed by atoms with Gasteiger partial charge in [0.15, 0.2) is 5.41 Å². The molecule has 4 amide bonds. The van der Waals surface area contributed by atoms with Gasteiger partial charge < -0.3 is 4.90 Å². The summed E-state index contributed by atoms with van der Waals surface area (Å²) in [5, 5.41) is 13.8. The molecule has 0 aliphatic carbocycles. The van der Waals surface area contributed by atoms with E-state index < -0.39 is 34.2 Å². The van der Waals surface area contributed by atoms with Crippen molar-refractivity contribution in [2.75, 3.05) is 16.8 Å². The van der Waals surface area contributed by atoms with E-state index in [4.69, 9.17) is 0 Å². The van der Waals surface area contributed by atoms with Gasteiger partial charge in [-0.15, -0.1) is 0 Å². The first-order chi connectivity index (χ1) is 15.6. The minimum atomic E-state index is -1.60. The van der Waals surface area contributed by atoms with Gasteiger partial charge in [0.05, 0.1) is 16.7 Å². The van der Waals surface area contributed by atoms with E-state index in [2.05, 4.69) is 5.32 Å². The number of carbonyl (C=O) groups is 3. The van der Waals surface area contributed by atoms with Gasteiger partial charge in [-0.05, 0) is 43.5 Å². The molecule has 4 rings (SSSR count). The number of aryl methyl sites for hydroxylation is 2. The maximum Gasteiger partial charge on any atom is 0.335 e. The van der Waals surface area contributed by atoms with Crippen LogP contribution in [0.1, 0.15) is 36.5 Å². The molecule has 0 radical (unpaired) electrons. The van der Waals surface area contributed by atoms with Crippen LogP contribution < -0.4 is 15.1 Å². The van der Waals surface area contributed by atoms with Gasteiger partial charge in [-0.25, -0.2) is 9.69 Å². The van der Waals surface area contributed by atoms with Gasteiger partial charge in [0.2, 0.25) is 5.91 Å². The lowest BCUT2D eigenvalue weighted by molar-refractivity contribution is -0.384. The molecule has 2 atom stereocenters. The van der Waals surface area contributed by atoms with Crippen molar-refractivity contribution in [3.63, 3.8) is 0 Å². The van der Waals surface area contributed by atoms with Crippen molar-refractivity contribution in [3.8, 4) is 0 Å². The van der Waals surface area contributed by atoms with Crippen LogP contribution in [-0.2, 0) is 16.0 Å². The van der Waals surface area contributed by atoms with Gasteiger partial charge >= 0.3 is 6.03 Å². The number of nitro groups is 1. The van der Waals surface area contributed by atoms with Crippen LogP contribution in [0.2, 0.25) is 0 Å². The zero-order valence-electron chi connectivity index (χ0n) is 19.0. The second-order valence-electron chi connectivity index (χ2n) is 8.82. The second-order valence-corrected chi connectivity index (χ2v) is 8.82. The van der Waals surface area contributed by atoms with Crippen LogP contribution in [0.25, 0.3) is 0 Å². The number of nitrogens with one attached hydrogen (secondary N) is 1. The van der Waals surface area contributed by atoms with Crippen LogP contribution >= 0.6 is 0 Å². The number of nitrogens with zero attached hydrogens (tertiary/aromatic N) is 3. The Labute approximate surface area is 191 Å². The summed E-state index contributed by atoms with van der Waals surface area (Å²) < 4.78 is 0. The van der Waals surface area contributed by atoms with E-state index in [0.29, 0.717) is 24.1 Å². The number of anilines is 2. The van der Waals surface area contributed by atoms with Crippen molar-refractivity contribution in [3.05, 3.63) is 63.2 Å². The molecule has 0 aromatic heterocycles. The number of hydrogen-bond acceptors (Lipinski definition) is 6. The van der Waals surface area contributed by atoms with Crippen molar-refractivity contribution >= 4 is 34.9 Å². The van der Waals surface area contributed by atoms with Crippen molar-refractivity contribution < 1.29 is 19.3 Å². The zero-order chi connectivity index (χ0) is 24.1. The molecule has 9 heteroatoms. The normalized spacial score (nSPS) is 22.4. The monoisotopic (exact) mass is 450 g/mol. The first-order valence-electron chi connectivity index (χ1n) is 10.9. The van der Waals surface area contributed by atoms with Gasteiger partial charge in [-0.1, -0.05) is 31.0 Å². The molecule has 1 spiro atoms. The number of non-ortho nitro benzene ring substituents is 1. The van der Waals surface area contributed by atoms with E-state index in [1.807, 2.05) is 24.8 Å². The van der Waals surface area contributed by atoms with Crippen LogP contribution in [0.4, 0.5) is 21.9 Å². The molecule has 2 aliphatic rings. The molecule has 1 N–H and O–H groups in total. The number of carbonyl (C=O) groups excluding carboxylic acids is 3. The van der Waals surface area contributed by atoms with Crippen LogP contribution in [-0.4, -0.2) is 35.9 Å². The summed E-state index contributed by atoms with van der Waals surface area (Å²) in [4.78, 5) is 54.2. The van der Waals surface area contributed by atoms with E-state index >= 15 is 0 Å². The highest BCUT2D eigenvalue weighted by molar-refractivity contribution is 6.31. The lowest BCUT2D eigenvalue weighted by Gasteiger charge is -2.51. The molecule has 2 aliphatic heterocycles. The number of urea groups is 1. The van der Waals surface area contributed by atoms with Crippen molar-refractivity contribution in [2.45, 2.75) is 46.1 Å². The SMILES string of the molecule is CCC[C@H]1N(C)c2ccc([N+](=O)[O-])cc2C[C@]12C(=O)NC(=O)N(c1ccc(C)cc1C)C2=O. The molecule has 2 heterocycles. The Balaban J connectivity index is 1.90. The standard InChI is InChI=1S/C24H26N4O5/c1-5-6-20-24(13-16-12-17(28(32)33)8-10-19(16)26(20)4)21(29)25-23(31)27(22(24)30)18-9-7-14(2)11-15(18)3/h7-12,20H,5-6,13H2,1-4H3,(H,25,29,31)/t20-,24-/m1/s1. The topological polar surface area (TPSA) is 113 Å². The van der Waals surface area contributed by atoms with E-state index in [0.717, 1.165) is 21.7 Å². The Morgan fingerprint density at radius 1 is 1.12 bits per heavy atom. The van der Waals surface area contributed by atoms with Crippen LogP contribution in [0.5, 0.6) is 0 Å². The molecule has 2 aromatic rings. The smallest absolute Gasteiger partial charge is 0.335 e. The summed E-state index contributed by atoms with van der Waals surface area (Å²) in [6.07, 6.45) is 1.20. The third-order valence-corrected chi connectivity index (χ3v) is 6.73. The van der Waals surface area contributed by atoms with Gasteiger partial charge in [0.25, 0.3) is 11.6 Å². The number of nitro benzene ring substituents is 1. The fraction of sp³-hybridized carbons (Fsp3) is 0.375. The Hall–Kier alpha value is -3.75. The highest BCUT2D eigenvalue weighted by atomic mass is 16.6. The van der Waals surface area contributed by atoms with Gasteiger partial charge in [-0.2, -0.15) is 0 Å². The lowest BCUT2D eigenvalue weighted by Crippen LogP contribution is -2.72. The predicted molar refractivity (Wildman–Crippen MR) is 123 cm³/mol. The van der Waals surface area contributed by atoms with Gasteiger partial charge in [0, 0.05) is 31.3 Å². The molecule has 0 saturated carbocycles. The van der Waals surface area contributed by atoms with Crippen LogP contribution in [0, 0.1) is 29.4 Å². The number of benzene rings is 2. The summed E-state index contributed by atoms with van der Waals surface area (Å²) >= 11 is 0. The Morgan fingerprint density at radius 2 is 1.82 bits per heavy atom. The molecule has 0 unspecified atom stereocenters. The van der Waals surface area contributed by atoms with Crippen LogP contribution in [0.15, 0.2) is 36.4 Å². The Morgan fingerprint density at radius 3 is 2.45 bits per heavy atom. The molecule has 1 saturated heterocycles. The van der Waals surface area contributed by atoms with E-state index in [1.165, 1.54) is 12.1 Å². The summed E-state index contributed by atoms with van der Waals surface area (Å²) in [7, 11) is 1.78. The number of amides is 4. The average Bonchev–Trinajstić information content (AvgIpc) is 2.75. The summed E-state index contributed by atoms with van der Waals surface area (Å²) in [6.45, 7) is 5.68. The minimum Gasteiger partial charge on any atom is -0.370 e. The second kappa shape index (κ2) is 7.99. The van der Waals surface area contributed by atoms with Gasteiger partial charge in [-0.3, -0.25) is 25.0 Å². The maximum atomic E-state index is 14.1. The van der Waals surface area contributed by atoms with Crippen molar-refractivity contribution in [1.82, 2.24) is 5.32 Å². The third-order valence-electron chi connectivity index (χ3n) is 6.73. The summed E-state index contributed by atoms with van der Waals surface area (Å²) in [6, 6.07) is 8.55. The van der Waals surface area contributed by atoms with Crippen molar-refractivity contribution in [2.24, 2.45) is 5.41 Å². The van der Waals surface area contributed by atoms with Crippen molar-refractivity contribution in [1.29, 1.82) is 0 Å². The molecular formula is C24H26N4O5. The lowest BCUT2D eigenvalue weighted by atomic mass is 9.67. The maximum absolute atomic E-state index is 14.1. The largest absolute Gasteiger partial charge is 0.370 e. The molecular weight excluding hydrogens is 424 g/mol. The fourth-order valence-corrected chi connectivity index (χ4v) is 5.18. The number of hydrogen-bond donors (Lipinski definition) is 1. The quantitative estimate of drug-likeness (QED) is 0.432. The number of fused-ring (bicyclic) bond motifs is 1. The molecule has 2 aromatic carbocycles. The molecule has 1 fully saturated rings. The predicted octanol–water partition coefficient (Wildman–Crippen LogP) is 3.64. The van der Waals surface area contributed by atoms with Gasteiger partial charge in [0.1, 0.15) is 0 Å². The zero-order valence-corrected chi connectivity index (χ0v) is 19.0. The summed E-state index contributed by atoms with van der Waals surface area (Å²) in [5.41, 5.74) is 1.68. The molecule has 9 nitrogen and oxygen atoms in total. The molecule has 172 valence electrons. The van der Waals surface area contributed by atoms with Crippen LogP contribution in [0.3, 0.4) is 0 Å². The average molecular weight is 450 g/mol. The highest BCUT2D eigenvalue weighted by Gasteiger charge is 2.61. The van der Waals surface area contributed by atoms with E-state index in [1.54, 1.807) is 32.2 Å². The first-order valence-corrected chi connectivity index (χ1v) is 10.9. The number of rotatable bonds is 4.